The van der Waals surface area contributed by atoms with Crippen molar-refractivity contribution in [3.05, 3.63) is 91.6 Å². The molecule has 0 radical (unpaired) electrons. The maximum atomic E-state index is 13.1. The quantitative estimate of drug-likeness (QED) is 0.332. The minimum absolute atomic E-state index is 0.312. The number of thiophene rings is 1. The first-order valence-electron chi connectivity index (χ1n) is 8.42. The highest BCUT2D eigenvalue weighted by atomic mass is 127. The van der Waals surface area contributed by atoms with Crippen molar-refractivity contribution in [2.24, 2.45) is 0 Å². The summed E-state index contributed by atoms with van der Waals surface area (Å²) in [5.41, 5.74) is 3.85. The van der Waals surface area contributed by atoms with Crippen molar-refractivity contribution in [2.75, 3.05) is 5.43 Å². The molecule has 4 rings (SSSR count). The average molecular weight is 499 g/mol. The number of aromatic nitrogens is 2. The molecule has 0 bridgehead atoms. The Balaban J connectivity index is 1.77. The van der Waals surface area contributed by atoms with E-state index >= 15 is 0 Å². The SMILES string of the molecule is O=C(/C=C/c1ccccc1)Nn1c(-c2cccs2)nc2ccc(I)cc2c1=O. The Hall–Kier alpha value is -2.78. The molecule has 5 nitrogen and oxygen atoms in total. The van der Waals surface area contributed by atoms with E-state index in [0.29, 0.717) is 16.7 Å². The topological polar surface area (TPSA) is 64.0 Å². The van der Waals surface area contributed by atoms with Crippen LogP contribution < -0.4 is 11.0 Å². The molecule has 7 heteroatoms. The molecule has 0 saturated carbocycles. The van der Waals surface area contributed by atoms with E-state index in [1.165, 1.54) is 22.1 Å². The lowest BCUT2D eigenvalue weighted by molar-refractivity contribution is -0.112. The number of hydrogen-bond donors (Lipinski definition) is 1. The van der Waals surface area contributed by atoms with Crippen molar-refractivity contribution < 1.29 is 4.79 Å². The first kappa shape index (κ1) is 18.6. The Kier molecular flexibility index (Phi) is 5.36. The van der Waals surface area contributed by atoms with Gasteiger partial charge in [0, 0.05) is 9.65 Å². The number of halogens is 1. The Morgan fingerprint density at radius 3 is 2.68 bits per heavy atom. The van der Waals surface area contributed by atoms with E-state index in [4.69, 9.17) is 0 Å². The Labute approximate surface area is 178 Å². The van der Waals surface area contributed by atoms with Gasteiger partial charge in [0.2, 0.25) is 0 Å². The van der Waals surface area contributed by atoms with Gasteiger partial charge < -0.3 is 0 Å². The second-order valence-corrected chi connectivity index (χ2v) is 8.13. The van der Waals surface area contributed by atoms with E-state index in [-0.39, 0.29) is 5.56 Å². The predicted molar refractivity (Wildman–Crippen MR) is 122 cm³/mol. The van der Waals surface area contributed by atoms with E-state index in [9.17, 15) is 9.59 Å². The van der Waals surface area contributed by atoms with Crippen LogP contribution in [0.4, 0.5) is 0 Å². The van der Waals surface area contributed by atoms with E-state index in [1.807, 2.05) is 60.0 Å². The average Bonchev–Trinajstić information content (AvgIpc) is 3.24. The fourth-order valence-electron chi connectivity index (χ4n) is 2.72. The predicted octanol–water partition coefficient (Wildman–Crippen LogP) is 4.51. The van der Waals surface area contributed by atoms with Gasteiger partial charge in [0.1, 0.15) is 0 Å². The molecule has 2 heterocycles. The van der Waals surface area contributed by atoms with Gasteiger partial charge in [0.15, 0.2) is 5.82 Å². The molecule has 0 spiro atoms. The number of nitrogens with zero attached hydrogens (tertiary/aromatic N) is 2. The van der Waals surface area contributed by atoms with Crippen LogP contribution in [0.25, 0.3) is 27.7 Å². The van der Waals surface area contributed by atoms with Crippen molar-refractivity contribution in [3.8, 4) is 10.7 Å². The molecule has 0 fully saturated rings. The van der Waals surface area contributed by atoms with Crippen molar-refractivity contribution >= 4 is 56.8 Å². The lowest BCUT2D eigenvalue weighted by Gasteiger charge is -2.12. The molecular weight excluding hydrogens is 485 g/mol. The smallest absolute Gasteiger partial charge is 0.268 e. The molecule has 138 valence electrons. The molecule has 0 saturated heterocycles. The zero-order valence-corrected chi connectivity index (χ0v) is 17.5. The molecule has 0 aliphatic rings. The normalized spacial score (nSPS) is 11.2. The fraction of sp³-hybridized carbons (Fsp3) is 0. The van der Waals surface area contributed by atoms with Crippen LogP contribution >= 0.6 is 33.9 Å². The Morgan fingerprint density at radius 2 is 1.93 bits per heavy atom. The maximum Gasteiger partial charge on any atom is 0.280 e. The number of rotatable bonds is 4. The number of carbonyl (C=O) groups excluding carboxylic acids is 1. The summed E-state index contributed by atoms with van der Waals surface area (Å²) in [5, 5.41) is 2.36. The third-order valence-corrected chi connectivity index (χ3v) is 5.56. The standard InChI is InChI=1S/C21H14IN3O2S/c22-15-9-10-17-16(13-15)21(27)25(20(23-17)18-7-4-12-28-18)24-19(26)11-8-14-5-2-1-3-6-14/h1-13H,(H,24,26)/b11-8+. The number of benzene rings is 2. The van der Waals surface area contributed by atoms with E-state index < -0.39 is 5.91 Å². The monoisotopic (exact) mass is 499 g/mol. The van der Waals surface area contributed by atoms with Crippen LogP contribution in [0.15, 0.2) is 76.9 Å². The third-order valence-electron chi connectivity index (χ3n) is 4.02. The van der Waals surface area contributed by atoms with Crippen LogP contribution in [-0.2, 0) is 4.79 Å². The second-order valence-electron chi connectivity index (χ2n) is 5.93. The molecule has 2 aromatic heterocycles. The summed E-state index contributed by atoms with van der Waals surface area (Å²) in [6, 6.07) is 18.7. The summed E-state index contributed by atoms with van der Waals surface area (Å²) >= 11 is 3.60. The molecular formula is C21H14IN3O2S. The van der Waals surface area contributed by atoms with Gasteiger partial charge in [-0.2, -0.15) is 4.68 Å². The molecule has 0 atom stereocenters. The van der Waals surface area contributed by atoms with E-state index in [0.717, 1.165) is 14.0 Å². The summed E-state index contributed by atoms with van der Waals surface area (Å²) < 4.78 is 2.15. The highest BCUT2D eigenvalue weighted by Crippen LogP contribution is 2.23. The summed E-state index contributed by atoms with van der Waals surface area (Å²) in [4.78, 5) is 31.0. The van der Waals surface area contributed by atoms with Crippen molar-refractivity contribution in [1.29, 1.82) is 0 Å². The minimum Gasteiger partial charge on any atom is -0.268 e. The molecule has 1 N–H and O–H groups in total. The molecule has 1 amide bonds. The molecule has 0 aliphatic heterocycles. The number of fused-ring (bicyclic) bond motifs is 1. The van der Waals surface area contributed by atoms with Gasteiger partial charge in [-0.15, -0.1) is 11.3 Å². The van der Waals surface area contributed by atoms with Gasteiger partial charge in [-0.3, -0.25) is 15.0 Å². The van der Waals surface area contributed by atoms with Crippen LogP contribution in [0.1, 0.15) is 5.56 Å². The van der Waals surface area contributed by atoms with Gasteiger partial charge in [0.25, 0.3) is 11.5 Å². The lowest BCUT2D eigenvalue weighted by Crippen LogP contribution is -2.34. The maximum absolute atomic E-state index is 13.1. The Morgan fingerprint density at radius 1 is 1.11 bits per heavy atom. The van der Waals surface area contributed by atoms with Crippen molar-refractivity contribution in [2.45, 2.75) is 0 Å². The summed E-state index contributed by atoms with van der Waals surface area (Å²) in [6.07, 6.45) is 3.10. The first-order chi connectivity index (χ1) is 13.6. The summed E-state index contributed by atoms with van der Waals surface area (Å²) in [6.45, 7) is 0. The molecule has 4 aromatic rings. The van der Waals surface area contributed by atoms with Gasteiger partial charge in [-0.05, 0) is 63.9 Å². The fourth-order valence-corrected chi connectivity index (χ4v) is 3.91. The van der Waals surface area contributed by atoms with Crippen LogP contribution in [0.2, 0.25) is 0 Å². The third kappa shape index (κ3) is 3.90. The minimum atomic E-state index is -0.407. The van der Waals surface area contributed by atoms with Gasteiger partial charge in [0.05, 0.1) is 15.8 Å². The summed E-state index contributed by atoms with van der Waals surface area (Å²) in [5.74, 6) is 0.00528. The molecule has 0 aliphatic carbocycles. The van der Waals surface area contributed by atoms with E-state index in [2.05, 4.69) is 33.0 Å². The Bertz CT molecular complexity index is 1230. The summed E-state index contributed by atoms with van der Waals surface area (Å²) in [7, 11) is 0. The number of hydrogen-bond acceptors (Lipinski definition) is 4. The largest absolute Gasteiger partial charge is 0.280 e. The van der Waals surface area contributed by atoms with Crippen LogP contribution in [-0.4, -0.2) is 15.6 Å². The van der Waals surface area contributed by atoms with Crippen LogP contribution in [0.3, 0.4) is 0 Å². The molecule has 28 heavy (non-hydrogen) atoms. The number of amides is 1. The van der Waals surface area contributed by atoms with Gasteiger partial charge in [-0.1, -0.05) is 36.4 Å². The van der Waals surface area contributed by atoms with Crippen molar-refractivity contribution in [3.63, 3.8) is 0 Å². The van der Waals surface area contributed by atoms with Gasteiger partial charge >= 0.3 is 0 Å². The van der Waals surface area contributed by atoms with Gasteiger partial charge in [-0.25, -0.2) is 4.98 Å². The first-order valence-corrected chi connectivity index (χ1v) is 10.4. The highest BCUT2D eigenvalue weighted by molar-refractivity contribution is 14.1. The van der Waals surface area contributed by atoms with Crippen LogP contribution in [0, 0.1) is 3.57 Å². The van der Waals surface area contributed by atoms with Crippen LogP contribution in [0.5, 0.6) is 0 Å². The highest BCUT2D eigenvalue weighted by Gasteiger charge is 2.15. The van der Waals surface area contributed by atoms with Crippen molar-refractivity contribution in [1.82, 2.24) is 9.66 Å². The second kappa shape index (κ2) is 8.07. The zero-order chi connectivity index (χ0) is 19.5. The lowest BCUT2D eigenvalue weighted by atomic mass is 10.2. The molecule has 2 aromatic carbocycles. The number of carbonyl (C=O) groups is 1. The van der Waals surface area contributed by atoms with E-state index in [1.54, 1.807) is 12.1 Å². The zero-order valence-electron chi connectivity index (χ0n) is 14.5. The molecule has 0 unspecified atom stereocenters. The number of nitrogens with one attached hydrogen (secondary N) is 1.